The minimum atomic E-state index is -0.378. The Labute approximate surface area is 244 Å². The number of rotatable bonds is 9. The fourth-order valence-electron chi connectivity index (χ4n) is 4.94. The number of ether oxygens (including phenoxy) is 3. The van der Waals surface area contributed by atoms with E-state index in [0.29, 0.717) is 39.9 Å². The standard InChI is InChI=1S/C32H33N5O5/c1-4-31(38)34-23-8-6-16-37(20-23)24-12-10-21(11-13-24)35-32(39)36-22-7-5-9-25(17-22)42-28-14-15-33-27-19-30(41-3)29(40-2)18-26(27)28/h4-5,7,9-15,17-19,23H,1,6,8,16,20H2,2-3H3,(H,34,38)(H2,35,36,39). The zero-order valence-electron chi connectivity index (χ0n) is 23.6. The maximum absolute atomic E-state index is 12.8. The van der Waals surface area contributed by atoms with Crippen LogP contribution < -0.4 is 35.1 Å². The fraction of sp³-hybridized carbons (Fsp3) is 0.219. The molecule has 3 N–H and O–H groups in total. The molecule has 0 radical (unpaired) electrons. The Balaban J connectivity index is 1.21. The number of amides is 3. The molecule has 10 heteroatoms. The average molecular weight is 568 g/mol. The van der Waals surface area contributed by atoms with E-state index in [1.54, 1.807) is 50.7 Å². The quantitative estimate of drug-likeness (QED) is 0.214. The molecule has 0 saturated carbocycles. The number of pyridine rings is 1. The van der Waals surface area contributed by atoms with Crippen molar-refractivity contribution in [2.24, 2.45) is 0 Å². The van der Waals surface area contributed by atoms with Gasteiger partial charge in [-0.1, -0.05) is 12.6 Å². The van der Waals surface area contributed by atoms with Crippen molar-refractivity contribution >= 4 is 39.9 Å². The van der Waals surface area contributed by atoms with Crippen molar-refractivity contribution in [3.05, 3.63) is 85.6 Å². The molecular weight excluding hydrogens is 534 g/mol. The van der Waals surface area contributed by atoms with E-state index in [2.05, 4.69) is 32.4 Å². The van der Waals surface area contributed by atoms with Gasteiger partial charge in [0.2, 0.25) is 5.91 Å². The van der Waals surface area contributed by atoms with E-state index >= 15 is 0 Å². The first-order chi connectivity index (χ1) is 20.4. The van der Waals surface area contributed by atoms with Crippen LogP contribution in [0.5, 0.6) is 23.0 Å². The van der Waals surface area contributed by atoms with Crippen LogP contribution in [0.2, 0.25) is 0 Å². The maximum Gasteiger partial charge on any atom is 0.323 e. The number of benzene rings is 3. The lowest BCUT2D eigenvalue weighted by atomic mass is 10.0. The highest BCUT2D eigenvalue weighted by molar-refractivity contribution is 6.00. The molecule has 0 aliphatic carbocycles. The van der Waals surface area contributed by atoms with Gasteiger partial charge in [-0.2, -0.15) is 0 Å². The molecule has 1 unspecified atom stereocenters. The van der Waals surface area contributed by atoms with Gasteiger partial charge in [-0.25, -0.2) is 4.79 Å². The number of aromatic nitrogens is 1. The van der Waals surface area contributed by atoms with Crippen molar-refractivity contribution in [1.29, 1.82) is 0 Å². The number of piperidine rings is 1. The van der Waals surface area contributed by atoms with Crippen molar-refractivity contribution in [2.45, 2.75) is 18.9 Å². The molecule has 0 spiro atoms. The minimum absolute atomic E-state index is 0.0798. The Morgan fingerprint density at radius 3 is 2.48 bits per heavy atom. The van der Waals surface area contributed by atoms with Crippen LogP contribution >= 0.6 is 0 Å². The molecule has 1 saturated heterocycles. The van der Waals surface area contributed by atoms with Gasteiger partial charge in [0.1, 0.15) is 11.5 Å². The Morgan fingerprint density at radius 1 is 0.952 bits per heavy atom. The summed E-state index contributed by atoms with van der Waals surface area (Å²) in [6.45, 7) is 5.15. The molecular formula is C32H33N5O5. The van der Waals surface area contributed by atoms with Crippen LogP contribution in [0.3, 0.4) is 0 Å². The number of nitrogens with zero attached hydrogens (tertiary/aromatic N) is 2. The second-order valence-corrected chi connectivity index (χ2v) is 9.79. The van der Waals surface area contributed by atoms with Gasteiger partial charge < -0.3 is 35.1 Å². The summed E-state index contributed by atoms with van der Waals surface area (Å²) in [6, 6.07) is 19.9. The lowest BCUT2D eigenvalue weighted by molar-refractivity contribution is -0.117. The van der Waals surface area contributed by atoms with Crippen molar-refractivity contribution in [2.75, 3.05) is 42.8 Å². The third kappa shape index (κ3) is 6.72. The summed E-state index contributed by atoms with van der Waals surface area (Å²) in [4.78, 5) is 31.1. The van der Waals surface area contributed by atoms with E-state index in [9.17, 15) is 9.59 Å². The monoisotopic (exact) mass is 567 g/mol. The fourth-order valence-corrected chi connectivity index (χ4v) is 4.94. The lowest BCUT2D eigenvalue weighted by Crippen LogP contribution is -2.47. The Kier molecular flexibility index (Phi) is 8.72. The van der Waals surface area contributed by atoms with Gasteiger partial charge in [-0.15, -0.1) is 0 Å². The molecule has 216 valence electrons. The first-order valence-electron chi connectivity index (χ1n) is 13.6. The number of carbonyl (C=O) groups excluding carboxylic acids is 2. The number of hydrogen-bond acceptors (Lipinski definition) is 7. The number of nitrogens with one attached hydrogen (secondary N) is 3. The molecule has 1 aliphatic rings. The maximum atomic E-state index is 12.8. The van der Waals surface area contributed by atoms with Crippen molar-refractivity contribution in [3.8, 4) is 23.0 Å². The number of urea groups is 1. The molecule has 42 heavy (non-hydrogen) atoms. The zero-order valence-corrected chi connectivity index (χ0v) is 23.6. The van der Waals surface area contributed by atoms with E-state index in [4.69, 9.17) is 14.2 Å². The first-order valence-corrected chi connectivity index (χ1v) is 13.6. The number of methoxy groups -OCH3 is 2. The highest BCUT2D eigenvalue weighted by Crippen LogP contribution is 2.37. The number of carbonyl (C=O) groups is 2. The summed E-state index contributed by atoms with van der Waals surface area (Å²) in [5.41, 5.74) is 2.96. The van der Waals surface area contributed by atoms with Gasteiger partial charge in [0.05, 0.1) is 19.7 Å². The third-order valence-corrected chi connectivity index (χ3v) is 6.97. The van der Waals surface area contributed by atoms with Gasteiger partial charge in [-0.3, -0.25) is 9.78 Å². The first kappa shape index (κ1) is 28.3. The van der Waals surface area contributed by atoms with Gasteiger partial charge in [0.15, 0.2) is 11.5 Å². The smallest absolute Gasteiger partial charge is 0.323 e. The van der Waals surface area contributed by atoms with Gasteiger partial charge in [0, 0.05) is 59.9 Å². The van der Waals surface area contributed by atoms with Crippen LogP contribution in [0.4, 0.5) is 21.9 Å². The van der Waals surface area contributed by atoms with Gasteiger partial charge in [0.25, 0.3) is 0 Å². The molecule has 4 aromatic rings. The van der Waals surface area contributed by atoms with Crippen molar-refractivity contribution < 1.29 is 23.8 Å². The summed E-state index contributed by atoms with van der Waals surface area (Å²) >= 11 is 0. The van der Waals surface area contributed by atoms with Crippen LogP contribution in [-0.4, -0.2) is 50.3 Å². The largest absolute Gasteiger partial charge is 0.493 e. The Hall–Kier alpha value is -5.25. The highest BCUT2D eigenvalue weighted by atomic mass is 16.5. The number of fused-ring (bicyclic) bond motifs is 1. The van der Waals surface area contributed by atoms with Crippen molar-refractivity contribution in [3.63, 3.8) is 0 Å². The zero-order chi connectivity index (χ0) is 29.5. The summed E-state index contributed by atoms with van der Waals surface area (Å²) in [7, 11) is 3.15. The van der Waals surface area contributed by atoms with E-state index in [1.165, 1.54) is 6.08 Å². The third-order valence-electron chi connectivity index (χ3n) is 6.97. The molecule has 2 heterocycles. The van der Waals surface area contributed by atoms with E-state index in [-0.39, 0.29) is 18.0 Å². The molecule has 3 aromatic carbocycles. The summed E-state index contributed by atoms with van der Waals surface area (Å²) < 4.78 is 17.0. The molecule has 1 atom stereocenters. The average Bonchev–Trinajstić information content (AvgIpc) is 3.01. The lowest BCUT2D eigenvalue weighted by Gasteiger charge is -2.34. The SMILES string of the molecule is C=CC(=O)NC1CCCN(c2ccc(NC(=O)Nc3cccc(Oc4ccnc5cc(OC)c(OC)cc45)c3)cc2)C1. The predicted octanol–water partition coefficient (Wildman–Crippen LogP) is 5.96. The summed E-state index contributed by atoms with van der Waals surface area (Å²) in [5, 5.41) is 9.46. The van der Waals surface area contributed by atoms with Crippen LogP contribution in [0.15, 0.2) is 85.6 Å². The molecule has 1 aliphatic heterocycles. The molecule has 5 rings (SSSR count). The minimum Gasteiger partial charge on any atom is -0.493 e. The van der Waals surface area contributed by atoms with Gasteiger partial charge >= 0.3 is 6.03 Å². The van der Waals surface area contributed by atoms with Gasteiger partial charge in [-0.05, 0) is 67.4 Å². The van der Waals surface area contributed by atoms with E-state index in [1.807, 2.05) is 36.4 Å². The normalized spacial score (nSPS) is 14.5. The predicted molar refractivity (Wildman–Crippen MR) is 164 cm³/mol. The summed E-state index contributed by atoms with van der Waals surface area (Å²) in [6.07, 6.45) is 4.87. The topological polar surface area (TPSA) is 114 Å². The van der Waals surface area contributed by atoms with Crippen LogP contribution in [0.1, 0.15) is 12.8 Å². The van der Waals surface area contributed by atoms with Crippen LogP contribution in [-0.2, 0) is 4.79 Å². The number of hydrogen-bond donors (Lipinski definition) is 3. The second kappa shape index (κ2) is 12.9. The second-order valence-electron chi connectivity index (χ2n) is 9.79. The molecule has 3 amide bonds. The van der Waals surface area contributed by atoms with E-state index in [0.717, 1.165) is 37.0 Å². The van der Waals surface area contributed by atoms with Crippen LogP contribution in [0, 0.1) is 0 Å². The molecule has 1 fully saturated rings. The van der Waals surface area contributed by atoms with Crippen LogP contribution in [0.25, 0.3) is 10.9 Å². The van der Waals surface area contributed by atoms with Crippen molar-refractivity contribution in [1.82, 2.24) is 10.3 Å². The van der Waals surface area contributed by atoms with E-state index < -0.39 is 0 Å². The molecule has 10 nitrogen and oxygen atoms in total. The molecule has 0 bridgehead atoms. The Morgan fingerprint density at radius 2 is 1.71 bits per heavy atom. The number of anilines is 3. The molecule has 1 aromatic heterocycles. The Bertz CT molecular complexity index is 1590. The highest BCUT2D eigenvalue weighted by Gasteiger charge is 2.21. The summed E-state index contributed by atoms with van der Waals surface area (Å²) in [5.74, 6) is 2.13.